The number of hydrogen-bond acceptors (Lipinski definition) is 5. The summed E-state index contributed by atoms with van der Waals surface area (Å²) in [6.45, 7) is 4.46. The van der Waals surface area contributed by atoms with E-state index in [1.807, 2.05) is 32.0 Å². The second-order valence-corrected chi connectivity index (χ2v) is 6.61. The molecule has 2 N–H and O–H groups in total. The van der Waals surface area contributed by atoms with E-state index in [4.69, 9.17) is 4.74 Å². The quantitative estimate of drug-likeness (QED) is 0.644. The second-order valence-electron chi connectivity index (χ2n) is 6.61. The fourth-order valence-corrected chi connectivity index (χ4v) is 3.35. The number of amidine groups is 1. The third-order valence-corrected chi connectivity index (χ3v) is 4.74. The molecule has 0 bridgehead atoms. The van der Waals surface area contributed by atoms with Gasteiger partial charge in [-0.3, -0.25) is 4.99 Å². The summed E-state index contributed by atoms with van der Waals surface area (Å²) in [5.41, 5.74) is 3.10. The van der Waals surface area contributed by atoms with Gasteiger partial charge in [-0.25, -0.2) is 4.79 Å². The van der Waals surface area contributed by atoms with E-state index in [9.17, 15) is 9.59 Å². The number of aldehydes is 1. The Morgan fingerprint density at radius 1 is 1.36 bits per heavy atom. The van der Waals surface area contributed by atoms with Crippen LogP contribution in [0.15, 0.2) is 29.3 Å². The van der Waals surface area contributed by atoms with Crippen LogP contribution in [0.3, 0.4) is 0 Å². The van der Waals surface area contributed by atoms with E-state index in [-0.39, 0.29) is 5.92 Å². The highest BCUT2D eigenvalue weighted by Crippen LogP contribution is 2.26. The zero-order valence-corrected chi connectivity index (χ0v) is 14.7. The van der Waals surface area contributed by atoms with Crippen LogP contribution in [0.5, 0.6) is 0 Å². The highest BCUT2D eigenvalue weighted by Gasteiger charge is 2.33. The van der Waals surface area contributed by atoms with E-state index < -0.39 is 17.9 Å². The molecule has 0 saturated carbocycles. The summed E-state index contributed by atoms with van der Waals surface area (Å²) in [4.78, 5) is 31.7. The molecule has 2 heterocycles. The minimum atomic E-state index is -0.765. The van der Waals surface area contributed by atoms with Crippen molar-refractivity contribution >= 4 is 29.0 Å². The number of para-hydroxylation sites is 1. The first kappa shape index (κ1) is 17.2. The molecule has 2 atom stereocenters. The van der Waals surface area contributed by atoms with Crippen molar-refractivity contribution in [3.63, 3.8) is 0 Å². The lowest BCUT2D eigenvalue weighted by Crippen LogP contribution is -2.49. The molecule has 0 amide bonds. The van der Waals surface area contributed by atoms with Crippen molar-refractivity contribution in [1.82, 2.24) is 10.3 Å². The minimum absolute atomic E-state index is 0.000440. The molecule has 0 aliphatic carbocycles. The van der Waals surface area contributed by atoms with Crippen LogP contribution < -0.4 is 5.32 Å². The predicted octanol–water partition coefficient (Wildman–Crippen LogP) is 2.07. The topological polar surface area (TPSA) is 83.5 Å². The molecule has 3 rings (SSSR count). The number of hydrogen-bond donors (Lipinski definition) is 2. The number of esters is 1. The lowest BCUT2D eigenvalue weighted by molar-refractivity contribution is -0.145. The fraction of sp³-hybridized carbons (Fsp3) is 0.421. The Morgan fingerprint density at radius 2 is 2.12 bits per heavy atom. The van der Waals surface area contributed by atoms with Crippen LogP contribution in [0, 0.1) is 11.8 Å². The highest BCUT2D eigenvalue weighted by molar-refractivity contribution is 6.06. The second kappa shape index (κ2) is 7.09. The van der Waals surface area contributed by atoms with Crippen LogP contribution in [-0.2, 0) is 20.7 Å². The predicted molar refractivity (Wildman–Crippen MR) is 96.7 cm³/mol. The smallest absolute Gasteiger partial charge is 0.329 e. The van der Waals surface area contributed by atoms with Crippen molar-refractivity contribution in [2.45, 2.75) is 26.3 Å². The summed E-state index contributed by atoms with van der Waals surface area (Å²) in [6.07, 6.45) is 1.66. The standard InChI is InChI=1S/C19H23N3O3/c1-11(2)14(10-23)17(19(24)25-3)22-18-16-13(8-9-20-18)12-6-4-5-7-15(12)21-16/h4-7,10-11,14,17,21H,8-9H2,1-3H3,(H,20,22)/t14?,17-/m0/s1. The molecule has 0 fully saturated rings. The Hall–Kier alpha value is -2.63. The normalized spacial score (nSPS) is 16.1. The maximum atomic E-state index is 12.3. The van der Waals surface area contributed by atoms with Gasteiger partial charge in [0, 0.05) is 23.4 Å². The largest absolute Gasteiger partial charge is 0.467 e. The molecule has 6 heteroatoms. The SMILES string of the molecule is COC(=O)[C@@H](NC1=NCCc2c1[nH]c1ccccc21)C(C=O)C(C)C. The van der Waals surface area contributed by atoms with Crippen molar-refractivity contribution in [1.29, 1.82) is 0 Å². The van der Waals surface area contributed by atoms with Crippen molar-refractivity contribution in [2.75, 3.05) is 13.7 Å². The third-order valence-electron chi connectivity index (χ3n) is 4.74. The molecule has 1 aromatic heterocycles. The third kappa shape index (κ3) is 3.16. The summed E-state index contributed by atoms with van der Waals surface area (Å²) < 4.78 is 4.91. The van der Waals surface area contributed by atoms with Crippen LogP contribution in [0.4, 0.5) is 0 Å². The van der Waals surface area contributed by atoms with Gasteiger partial charge in [0.2, 0.25) is 0 Å². The first-order chi connectivity index (χ1) is 12.1. The monoisotopic (exact) mass is 341 g/mol. The molecule has 1 aromatic carbocycles. The zero-order valence-electron chi connectivity index (χ0n) is 14.7. The molecule has 0 radical (unpaired) electrons. The summed E-state index contributed by atoms with van der Waals surface area (Å²) >= 11 is 0. The molecular formula is C19H23N3O3. The molecule has 2 aromatic rings. The van der Waals surface area contributed by atoms with E-state index >= 15 is 0 Å². The van der Waals surface area contributed by atoms with Gasteiger partial charge in [-0.1, -0.05) is 32.0 Å². The number of aromatic amines is 1. The maximum absolute atomic E-state index is 12.3. The molecule has 1 aliphatic heterocycles. The Kier molecular flexibility index (Phi) is 4.88. The molecule has 0 saturated heterocycles. The number of fused-ring (bicyclic) bond motifs is 3. The average Bonchev–Trinajstić information content (AvgIpc) is 3.00. The van der Waals surface area contributed by atoms with E-state index in [0.717, 1.165) is 29.3 Å². The van der Waals surface area contributed by atoms with Crippen LogP contribution in [0.1, 0.15) is 25.1 Å². The van der Waals surface area contributed by atoms with Crippen molar-refractivity contribution in [2.24, 2.45) is 16.8 Å². The van der Waals surface area contributed by atoms with E-state index in [1.54, 1.807) is 0 Å². The number of benzene rings is 1. The van der Waals surface area contributed by atoms with Gasteiger partial charge in [-0.2, -0.15) is 0 Å². The number of nitrogens with zero attached hydrogens (tertiary/aromatic N) is 1. The number of H-pyrrole nitrogens is 1. The number of methoxy groups -OCH3 is 1. The van der Waals surface area contributed by atoms with Crippen molar-refractivity contribution < 1.29 is 14.3 Å². The van der Waals surface area contributed by atoms with Crippen LogP contribution in [0.2, 0.25) is 0 Å². The van der Waals surface area contributed by atoms with E-state index in [1.165, 1.54) is 12.7 Å². The lowest BCUT2D eigenvalue weighted by atomic mass is 9.89. The Bertz CT molecular complexity index is 822. The summed E-state index contributed by atoms with van der Waals surface area (Å²) in [6, 6.07) is 7.32. The van der Waals surface area contributed by atoms with E-state index in [2.05, 4.69) is 21.4 Å². The van der Waals surface area contributed by atoms with Gasteiger partial charge in [0.15, 0.2) is 0 Å². The molecule has 1 unspecified atom stereocenters. The number of nitrogens with one attached hydrogen (secondary N) is 2. The number of aromatic nitrogens is 1. The Balaban J connectivity index is 1.97. The first-order valence-corrected chi connectivity index (χ1v) is 8.50. The Labute approximate surface area is 146 Å². The number of carbonyl (C=O) groups is 2. The van der Waals surface area contributed by atoms with Gasteiger partial charge in [0.25, 0.3) is 0 Å². The van der Waals surface area contributed by atoms with Gasteiger partial charge in [0.1, 0.15) is 18.2 Å². The minimum Gasteiger partial charge on any atom is -0.467 e. The first-order valence-electron chi connectivity index (χ1n) is 8.50. The summed E-state index contributed by atoms with van der Waals surface area (Å²) in [5, 5.41) is 4.33. The summed E-state index contributed by atoms with van der Waals surface area (Å²) in [5.74, 6) is -0.345. The van der Waals surface area contributed by atoms with Crippen molar-refractivity contribution in [3.8, 4) is 0 Å². The molecular weight excluding hydrogens is 318 g/mol. The van der Waals surface area contributed by atoms with Crippen molar-refractivity contribution in [3.05, 3.63) is 35.5 Å². The molecule has 1 aliphatic rings. The van der Waals surface area contributed by atoms with E-state index in [0.29, 0.717) is 12.4 Å². The van der Waals surface area contributed by atoms with Crippen LogP contribution in [0.25, 0.3) is 10.9 Å². The molecule has 25 heavy (non-hydrogen) atoms. The average molecular weight is 341 g/mol. The molecule has 0 spiro atoms. The van der Waals surface area contributed by atoms with Gasteiger partial charge < -0.3 is 19.8 Å². The number of ether oxygens (including phenoxy) is 1. The molecule has 132 valence electrons. The Morgan fingerprint density at radius 3 is 2.80 bits per heavy atom. The fourth-order valence-electron chi connectivity index (χ4n) is 3.35. The van der Waals surface area contributed by atoms with Crippen LogP contribution >= 0.6 is 0 Å². The number of rotatable bonds is 5. The summed E-state index contributed by atoms with van der Waals surface area (Å²) in [7, 11) is 1.33. The highest BCUT2D eigenvalue weighted by atomic mass is 16.5. The molecule has 6 nitrogen and oxygen atoms in total. The van der Waals surface area contributed by atoms with Gasteiger partial charge >= 0.3 is 5.97 Å². The lowest BCUT2D eigenvalue weighted by Gasteiger charge is -2.27. The van der Waals surface area contributed by atoms with Gasteiger partial charge in [-0.05, 0) is 24.0 Å². The number of aliphatic imine (C=N–C) groups is 1. The van der Waals surface area contributed by atoms with Crippen LogP contribution in [-0.4, -0.2) is 42.8 Å². The van der Waals surface area contributed by atoms with Gasteiger partial charge in [-0.15, -0.1) is 0 Å². The number of carbonyl (C=O) groups excluding carboxylic acids is 2. The zero-order chi connectivity index (χ0) is 18.0. The van der Waals surface area contributed by atoms with Gasteiger partial charge in [0.05, 0.1) is 12.8 Å². The maximum Gasteiger partial charge on any atom is 0.329 e.